The second kappa shape index (κ2) is 11.5. The second-order valence-corrected chi connectivity index (χ2v) is 10.0. The molecule has 200 valence electrons. The number of carboxylic acid groups (broad SMARTS) is 1. The second-order valence-electron chi connectivity index (χ2n) is 10.0. The molecule has 2 aliphatic heterocycles. The van der Waals surface area contributed by atoms with E-state index in [1.165, 1.54) is 23.3 Å². The van der Waals surface area contributed by atoms with Gasteiger partial charge in [0.25, 0.3) is 0 Å². The van der Waals surface area contributed by atoms with E-state index in [9.17, 15) is 22.8 Å². The molecule has 0 unspecified atom stereocenters. The lowest BCUT2D eigenvalue weighted by Crippen LogP contribution is -2.49. The summed E-state index contributed by atoms with van der Waals surface area (Å²) in [7, 11) is 0. The van der Waals surface area contributed by atoms with E-state index in [2.05, 4.69) is 4.90 Å². The first kappa shape index (κ1) is 27.0. The smallest absolute Gasteiger partial charge is 0.416 e. The standard InChI is InChI=1S/C28H34F3N3O3/c1-2-6-25(28(29,30)31)24(21-7-4-3-5-8-21)13-14-33-15-16-34(27(33)37)23-11-9-20(10-12-23)17-32-18-22(19-32)26(35)36/h2,6,9-14,21-22H,3-5,7-8,15-19H2,1H3,(H,35,36)/b6-2-,14-13+,25-24-. The Morgan fingerprint density at radius 1 is 1.03 bits per heavy atom. The lowest BCUT2D eigenvalue weighted by Gasteiger charge is -2.36. The van der Waals surface area contributed by atoms with Crippen LogP contribution in [0.1, 0.15) is 44.6 Å². The minimum absolute atomic E-state index is 0.170. The first-order chi connectivity index (χ1) is 17.7. The van der Waals surface area contributed by atoms with Crippen LogP contribution in [0.2, 0.25) is 0 Å². The molecular formula is C28H34F3N3O3. The Hall–Kier alpha value is -3.07. The maximum absolute atomic E-state index is 13.9. The van der Waals surface area contributed by atoms with Crippen LogP contribution in [0.4, 0.5) is 23.7 Å². The van der Waals surface area contributed by atoms with Gasteiger partial charge < -0.3 is 5.11 Å². The van der Waals surface area contributed by atoms with Crippen molar-refractivity contribution in [3.05, 3.63) is 65.4 Å². The fourth-order valence-electron chi connectivity index (χ4n) is 5.38. The molecule has 1 saturated carbocycles. The van der Waals surface area contributed by atoms with Crippen molar-refractivity contribution in [3.8, 4) is 0 Å². The van der Waals surface area contributed by atoms with E-state index in [-0.39, 0.29) is 23.4 Å². The Bertz CT molecular complexity index is 1070. The summed E-state index contributed by atoms with van der Waals surface area (Å²) in [5.74, 6) is -1.24. The summed E-state index contributed by atoms with van der Waals surface area (Å²) < 4.78 is 41.7. The van der Waals surface area contributed by atoms with Gasteiger partial charge in [0.05, 0.1) is 11.5 Å². The van der Waals surface area contributed by atoms with Crippen molar-refractivity contribution in [1.82, 2.24) is 9.80 Å². The summed E-state index contributed by atoms with van der Waals surface area (Å²) in [5, 5.41) is 9.01. The van der Waals surface area contributed by atoms with Crippen molar-refractivity contribution in [2.24, 2.45) is 11.8 Å². The molecule has 1 N–H and O–H groups in total. The monoisotopic (exact) mass is 517 g/mol. The number of benzene rings is 1. The molecule has 2 saturated heterocycles. The number of likely N-dealkylation sites (tertiary alicyclic amines) is 1. The number of aliphatic carboxylic acids is 1. The minimum atomic E-state index is -4.46. The van der Waals surface area contributed by atoms with E-state index >= 15 is 0 Å². The molecule has 4 rings (SSSR count). The molecule has 2 heterocycles. The summed E-state index contributed by atoms with van der Waals surface area (Å²) in [5.41, 5.74) is 1.39. The van der Waals surface area contributed by atoms with Gasteiger partial charge in [-0.3, -0.25) is 19.5 Å². The third-order valence-electron chi connectivity index (χ3n) is 7.43. The van der Waals surface area contributed by atoms with Crippen molar-refractivity contribution in [1.29, 1.82) is 0 Å². The van der Waals surface area contributed by atoms with Crippen LogP contribution in [-0.4, -0.2) is 59.3 Å². The quantitative estimate of drug-likeness (QED) is 0.432. The topological polar surface area (TPSA) is 64.1 Å². The van der Waals surface area contributed by atoms with Crippen LogP contribution in [0.5, 0.6) is 0 Å². The Balaban J connectivity index is 1.44. The highest BCUT2D eigenvalue weighted by molar-refractivity contribution is 5.94. The van der Waals surface area contributed by atoms with E-state index in [0.29, 0.717) is 32.7 Å². The molecule has 0 atom stereocenters. The van der Waals surface area contributed by atoms with Gasteiger partial charge in [-0.2, -0.15) is 13.2 Å². The molecule has 1 aliphatic carbocycles. The number of anilines is 1. The molecule has 37 heavy (non-hydrogen) atoms. The lowest BCUT2D eigenvalue weighted by atomic mass is 9.81. The van der Waals surface area contributed by atoms with Gasteiger partial charge in [-0.05, 0) is 55.0 Å². The van der Waals surface area contributed by atoms with E-state index < -0.39 is 17.7 Å². The first-order valence-corrected chi connectivity index (χ1v) is 12.9. The van der Waals surface area contributed by atoms with Crippen LogP contribution in [0.15, 0.2) is 59.8 Å². The highest BCUT2D eigenvalue weighted by Gasteiger charge is 2.36. The number of halogens is 3. The summed E-state index contributed by atoms with van der Waals surface area (Å²) in [6, 6.07) is 7.29. The zero-order valence-electron chi connectivity index (χ0n) is 21.1. The van der Waals surface area contributed by atoms with Crippen LogP contribution in [0, 0.1) is 11.8 Å². The Morgan fingerprint density at radius 2 is 1.70 bits per heavy atom. The van der Waals surface area contributed by atoms with Crippen molar-refractivity contribution >= 4 is 17.7 Å². The number of urea groups is 1. The zero-order valence-corrected chi connectivity index (χ0v) is 21.1. The number of carbonyl (C=O) groups excluding carboxylic acids is 1. The largest absolute Gasteiger partial charge is 0.481 e. The van der Waals surface area contributed by atoms with E-state index in [1.54, 1.807) is 11.8 Å². The SMILES string of the molecule is C\C=C/C(=C(\C=C\N1CCN(c2ccc(CN3CC(C(=O)O)C3)cc2)C1=O)C1CCCCC1)C(F)(F)F. The number of carboxylic acids is 1. The third-order valence-corrected chi connectivity index (χ3v) is 7.43. The van der Waals surface area contributed by atoms with Crippen LogP contribution in [0.25, 0.3) is 0 Å². The van der Waals surface area contributed by atoms with Gasteiger partial charge >= 0.3 is 18.2 Å². The number of hydrogen-bond acceptors (Lipinski definition) is 3. The van der Waals surface area contributed by atoms with Crippen LogP contribution < -0.4 is 4.90 Å². The molecule has 6 nitrogen and oxygen atoms in total. The van der Waals surface area contributed by atoms with Crippen molar-refractivity contribution in [3.63, 3.8) is 0 Å². The molecule has 0 radical (unpaired) electrons. The van der Waals surface area contributed by atoms with E-state index in [0.717, 1.165) is 49.4 Å². The molecule has 9 heteroatoms. The molecule has 2 amide bonds. The Morgan fingerprint density at radius 3 is 2.30 bits per heavy atom. The molecule has 3 fully saturated rings. The summed E-state index contributed by atoms with van der Waals surface area (Å²) in [6.45, 7) is 4.13. The third kappa shape index (κ3) is 6.44. The summed E-state index contributed by atoms with van der Waals surface area (Å²) in [6.07, 6.45) is 5.40. The molecule has 0 aromatic heterocycles. The number of alkyl halides is 3. The fraction of sp³-hybridized carbons (Fsp3) is 0.500. The predicted octanol–water partition coefficient (Wildman–Crippen LogP) is 5.97. The van der Waals surface area contributed by atoms with Crippen LogP contribution >= 0.6 is 0 Å². The van der Waals surface area contributed by atoms with Crippen molar-refractivity contribution in [2.45, 2.75) is 51.7 Å². The average Bonchev–Trinajstić information content (AvgIpc) is 3.21. The van der Waals surface area contributed by atoms with Crippen molar-refractivity contribution < 1.29 is 27.9 Å². The van der Waals surface area contributed by atoms with Gasteiger partial charge in [-0.15, -0.1) is 0 Å². The van der Waals surface area contributed by atoms with Gasteiger partial charge in [0, 0.05) is 44.6 Å². The number of hydrogen-bond donors (Lipinski definition) is 1. The normalized spacial score (nSPS) is 21.2. The molecular weight excluding hydrogens is 483 g/mol. The Kier molecular flexibility index (Phi) is 8.42. The Labute approximate surface area is 215 Å². The number of rotatable bonds is 8. The molecule has 1 aromatic carbocycles. The number of carbonyl (C=O) groups is 2. The van der Waals surface area contributed by atoms with Gasteiger partial charge in [0.1, 0.15) is 0 Å². The highest BCUT2D eigenvalue weighted by atomic mass is 19.4. The number of amides is 2. The molecule has 1 aromatic rings. The number of allylic oxidation sites excluding steroid dienone is 5. The van der Waals surface area contributed by atoms with Crippen LogP contribution in [0.3, 0.4) is 0 Å². The zero-order chi connectivity index (χ0) is 26.6. The summed E-state index contributed by atoms with van der Waals surface area (Å²) >= 11 is 0. The fourth-order valence-corrected chi connectivity index (χ4v) is 5.38. The molecule has 3 aliphatic rings. The van der Waals surface area contributed by atoms with Gasteiger partial charge in [-0.1, -0.05) is 43.5 Å². The molecule has 0 spiro atoms. The predicted molar refractivity (Wildman–Crippen MR) is 136 cm³/mol. The van der Waals surface area contributed by atoms with E-state index in [1.807, 2.05) is 24.3 Å². The van der Waals surface area contributed by atoms with Crippen molar-refractivity contribution in [2.75, 3.05) is 31.1 Å². The average molecular weight is 518 g/mol. The lowest BCUT2D eigenvalue weighted by molar-refractivity contribution is -0.147. The first-order valence-electron chi connectivity index (χ1n) is 12.9. The minimum Gasteiger partial charge on any atom is -0.481 e. The maximum atomic E-state index is 13.9. The highest BCUT2D eigenvalue weighted by Crippen LogP contribution is 2.38. The number of nitrogens with zero attached hydrogens (tertiary/aromatic N) is 3. The summed E-state index contributed by atoms with van der Waals surface area (Å²) in [4.78, 5) is 29.2. The van der Waals surface area contributed by atoms with Crippen LogP contribution in [-0.2, 0) is 11.3 Å². The van der Waals surface area contributed by atoms with E-state index in [4.69, 9.17) is 5.11 Å². The maximum Gasteiger partial charge on any atom is 0.416 e. The van der Waals surface area contributed by atoms with Gasteiger partial charge in [-0.25, -0.2) is 4.79 Å². The van der Waals surface area contributed by atoms with Gasteiger partial charge in [0.2, 0.25) is 0 Å². The van der Waals surface area contributed by atoms with Gasteiger partial charge in [0.15, 0.2) is 0 Å². The molecule has 0 bridgehead atoms.